The zero-order valence-electron chi connectivity index (χ0n) is 32.6. The van der Waals surface area contributed by atoms with Crippen LogP contribution in [0, 0.1) is 28.9 Å². The molecular weight excluding hydrogens is 824 g/mol. The van der Waals surface area contributed by atoms with E-state index in [1.807, 2.05) is 0 Å². The summed E-state index contributed by atoms with van der Waals surface area (Å²) in [7, 11) is -1.52. The fourth-order valence-electron chi connectivity index (χ4n) is 7.46. The molecule has 2 aliphatic heterocycles. The molecule has 0 saturated carbocycles. The van der Waals surface area contributed by atoms with Crippen molar-refractivity contribution >= 4 is 77.0 Å². The van der Waals surface area contributed by atoms with E-state index in [0.29, 0.717) is 0 Å². The van der Waals surface area contributed by atoms with Crippen LogP contribution in [0.2, 0.25) is 19.6 Å². The number of aromatic amines is 2. The average Bonchev–Trinajstić information content (AvgIpc) is 4.04. The number of H-pyrrole nitrogens is 2. The normalized spacial score (nSPS) is 12.1. The molecule has 0 amide bonds. The number of hydrogen-bond donors (Lipinski definition) is 2. The van der Waals surface area contributed by atoms with Gasteiger partial charge in [0.25, 0.3) is 0 Å². The van der Waals surface area contributed by atoms with Gasteiger partial charge in [-0.1, -0.05) is 109 Å². The van der Waals surface area contributed by atoms with Gasteiger partial charge in [0, 0.05) is 53.5 Å². The highest BCUT2D eigenvalue weighted by Gasteiger charge is 2.19. The minimum atomic E-state index is -1.52. The van der Waals surface area contributed by atoms with Gasteiger partial charge in [-0.3, -0.25) is 0 Å². The Bertz CT molecular complexity index is 2940. The summed E-state index contributed by atoms with van der Waals surface area (Å²) < 4.78 is 1.18. The molecule has 3 aromatic heterocycles. The lowest BCUT2D eigenvalue weighted by Gasteiger charge is -2.08. The van der Waals surface area contributed by atoms with E-state index in [1.54, 1.807) is 0 Å². The zero-order chi connectivity index (χ0) is 39.3. The highest BCUT2D eigenvalue weighted by Crippen LogP contribution is 2.38. The van der Waals surface area contributed by atoms with Gasteiger partial charge in [-0.05, 0) is 132 Å². The number of rotatable bonds is 4. The highest BCUT2D eigenvalue weighted by molar-refractivity contribution is 14.1. The summed E-state index contributed by atoms with van der Waals surface area (Å²) in [6, 6.07) is 43.4. The van der Waals surface area contributed by atoms with Crippen molar-refractivity contribution in [2.75, 3.05) is 0 Å². The number of nitrogens with zero attached hydrogens (tertiary/aromatic N) is 2. The topological polar surface area (TPSA) is 57.4 Å². The van der Waals surface area contributed by atoms with Crippen molar-refractivity contribution in [2.45, 2.75) is 33.5 Å². The quantitative estimate of drug-likeness (QED) is 0.105. The van der Waals surface area contributed by atoms with Crippen LogP contribution in [0.4, 0.5) is 0 Å². The molecule has 0 spiro atoms. The lowest BCUT2D eigenvalue weighted by atomic mass is 10.0. The molecule has 0 radical (unpaired) electrons. The van der Waals surface area contributed by atoms with E-state index in [4.69, 9.17) is 9.97 Å². The molecule has 2 N–H and O–H groups in total. The van der Waals surface area contributed by atoms with Crippen LogP contribution in [-0.4, -0.2) is 28.0 Å². The number of aryl methyl sites for hydroxylation is 2. The number of nitrogens with one attached hydrogen (secondary N) is 2. The van der Waals surface area contributed by atoms with Gasteiger partial charge in [0.05, 0.1) is 22.8 Å². The molecule has 0 aliphatic carbocycles. The summed E-state index contributed by atoms with van der Waals surface area (Å²) >= 11 is 2.37. The second-order valence-corrected chi connectivity index (χ2v) is 21.8. The van der Waals surface area contributed by atoms with E-state index < -0.39 is 8.07 Å². The molecule has 8 bridgehead atoms. The second-order valence-electron chi connectivity index (χ2n) is 15.8. The molecule has 0 saturated heterocycles. The average molecular weight is 865 g/mol. The monoisotopic (exact) mass is 864 g/mol. The van der Waals surface area contributed by atoms with Gasteiger partial charge in [-0.25, -0.2) is 9.97 Å². The van der Waals surface area contributed by atoms with Crippen molar-refractivity contribution in [3.63, 3.8) is 0 Å². The minimum absolute atomic E-state index is 0.888. The fourth-order valence-corrected chi connectivity index (χ4v) is 8.34. The summed E-state index contributed by atoms with van der Waals surface area (Å²) in [4.78, 5) is 18.6. The molecule has 6 heteroatoms. The van der Waals surface area contributed by atoms with Crippen molar-refractivity contribution in [1.82, 2.24) is 19.9 Å². The van der Waals surface area contributed by atoms with Crippen molar-refractivity contribution < 1.29 is 0 Å². The van der Waals surface area contributed by atoms with Gasteiger partial charge in [-0.2, -0.15) is 0 Å². The van der Waals surface area contributed by atoms with Gasteiger partial charge in [0.1, 0.15) is 8.07 Å². The van der Waals surface area contributed by atoms with Gasteiger partial charge in [0.2, 0.25) is 0 Å². The van der Waals surface area contributed by atoms with Crippen molar-refractivity contribution in [1.29, 1.82) is 0 Å². The lowest BCUT2D eigenvalue weighted by Crippen LogP contribution is -2.16. The molecule has 2 aliphatic rings. The van der Waals surface area contributed by atoms with Crippen LogP contribution in [-0.2, 0) is 0 Å². The lowest BCUT2D eigenvalue weighted by molar-refractivity contribution is 1.31. The first-order valence-electron chi connectivity index (χ1n) is 19.3. The Kier molecular flexibility index (Phi) is 9.52. The molecule has 7 aromatic rings. The molecule has 9 rings (SSSR count). The number of hydrogen-bond acceptors (Lipinski definition) is 2. The van der Waals surface area contributed by atoms with E-state index in [2.05, 4.69) is 223 Å². The summed E-state index contributed by atoms with van der Waals surface area (Å²) in [6.45, 7) is 11.1. The van der Waals surface area contributed by atoms with Crippen LogP contribution in [0.5, 0.6) is 0 Å². The maximum absolute atomic E-state index is 5.46. The summed E-state index contributed by atoms with van der Waals surface area (Å²) in [5, 5.41) is 0. The maximum Gasteiger partial charge on any atom is 0.129 e. The molecule has 0 unspecified atom stereocenters. The highest BCUT2D eigenvalue weighted by atomic mass is 127. The predicted molar refractivity (Wildman–Crippen MR) is 253 cm³/mol. The van der Waals surface area contributed by atoms with E-state index in [9.17, 15) is 0 Å². The summed E-state index contributed by atoms with van der Waals surface area (Å²) in [5.41, 5.74) is 23.0. The van der Waals surface area contributed by atoms with Crippen LogP contribution in [0.1, 0.15) is 39.5 Å². The van der Waals surface area contributed by atoms with E-state index in [0.717, 1.165) is 94.9 Å². The Balaban J connectivity index is 1.42. The molecule has 5 heterocycles. The van der Waals surface area contributed by atoms with Crippen molar-refractivity contribution in [3.05, 3.63) is 164 Å². The van der Waals surface area contributed by atoms with E-state index in [1.165, 1.54) is 14.7 Å². The summed E-state index contributed by atoms with van der Waals surface area (Å²) in [6.07, 6.45) is 8.61. The number of fused-ring (bicyclic) bond motifs is 8. The van der Waals surface area contributed by atoms with Crippen LogP contribution >= 0.6 is 22.6 Å². The SMILES string of the molecule is Cc1ccc(-c2c3nc(c(-c4ccc(C#C[Si](C)(C)C)cc4)c4ccc([nH]4)c(-c4ccc(C)cc4)c4nc(c(-c5ccc(I)cc5)c5ccc2[nH]5)C=C4)C=C3)cc1. The Morgan fingerprint density at radius 1 is 0.439 bits per heavy atom. The van der Waals surface area contributed by atoms with E-state index in [-0.39, 0.29) is 0 Å². The molecule has 0 atom stereocenters. The second kappa shape index (κ2) is 14.8. The third-order valence-electron chi connectivity index (χ3n) is 10.3. The number of aromatic nitrogens is 4. The Morgan fingerprint density at radius 2 is 0.754 bits per heavy atom. The first-order valence-corrected chi connectivity index (χ1v) is 23.8. The molecule has 4 nitrogen and oxygen atoms in total. The first-order chi connectivity index (χ1) is 27.6. The minimum Gasteiger partial charge on any atom is -0.354 e. The van der Waals surface area contributed by atoms with E-state index >= 15 is 0 Å². The molecule has 0 fully saturated rings. The van der Waals surface area contributed by atoms with Gasteiger partial charge in [-0.15, -0.1) is 5.54 Å². The Morgan fingerprint density at radius 3 is 1.09 bits per heavy atom. The van der Waals surface area contributed by atoms with Crippen LogP contribution < -0.4 is 0 Å². The fraction of sp³-hybridized carbons (Fsp3) is 0.0980. The Hall–Kier alpha value is -6.01. The summed E-state index contributed by atoms with van der Waals surface area (Å²) in [5.74, 6) is 3.43. The van der Waals surface area contributed by atoms with Gasteiger partial charge < -0.3 is 9.97 Å². The standard InChI is InChI=1S/C51H41IN4Si/c1-32-6-12-35(13-7-32)48-40-22-26-44(53-40)50(37-16-10-34(11-17-37)30-31-57(3,4)5)45-27-23-41(54-45)49(36-14-8-33(2)9-15-36)43-25-29-47(56-43)51(46-28-24-42(48)55-46)38-18-20-39(52)21-19-38/h6-29,53,56H,1-5H3. The van der Waals surface area contributed by atoms with Crippen LogP contribution in [0.15, 0.2) is 121 Å². The van der Waals surface area contributed by atoms with Gasteiger partial charge >= 0.3 is 0 Å². The smallest absolute Gasteiger partial charge is 0.129 e. The van der Waals surface area contributed by atoms with Crippen molar-refractivity contribution in [2.24, 2.45) is 0 Å². The van der Waals surface area contributed by atoms with Crippen molar-refractivity contribution in [3.8, 4) is 56.0 Å². The predicted octanol–water partition coefficient (Wildman–Crippen LogP) is 13.8. The first kappa shape index (κ1) is 36.6. The number of benzene rings is 4. The molecule has 4 aromatic carbocycles. The molecule has 57 heavy (non-hydrogen) atoms. The maximum atomic E-state index is 5.46. The van der Waals surface area contributed by atoms with Crippen LogP contribution in [0.25, 0.3) is 90.9 Å². The molecule has 276 valence electrons. The largest absolute Gasteiger partial charge is 0.354 e. The van der Waals surface area contributed by atoms with Crippen LogP contribution in [0.3, 0.4) is 0 Å². The zero-order valence-corrected chi connectivity index (χ0v) is 35.8. The third-order valence-corrected chi connectivity index (χ3v) is 11.9. The third kappa shape index (κ3) is 7.49. The Labute approximate surface area is 348 Å². The molecular formula is C51H41IN4Si. The number of halogens is 1. The van der Waals surface area contributed by atoms with Gasteiger partial charge in [0.15, 0.2) is 0 Å².